The highest BCUT2D eigenvalue weighted by molar-refractivity contribution is 8.00. The van der Waals surface area contributed by atoms with Crippen LogP contribution in [0.5, 0.6) is 0 Å². The van der Waals surface area contributed by atoms with Crippen molar-refractivity contribution in [3.63, 3.8) is 0 Å². The van der Waals surface area contributed by atoms with E-state index in [0.29, 0.717) is 12.2 Å². The van der Waals surface area contributed by atoms with Gasteiger partial charge in [-0.25, -0.2) is 0 Å². The SMILES string of the molecule is CNC(=O)Cc1ccc(NC(=O)CSc2ccc(C)cc2)cc1. The number of carbonyl (C=O) groups excluding carboxylic acids is 2. The monoisotopic (exact) mass is 328 g/mol. The predicted octanol–water partition coefficient (Wildman–Crippen LogP) is 3.01. The molecule has 0 aliphatic rings. The van der Waals surface area contributed by atoms with Gasteiger partial charge in [0.15, 0.2) is 0 Å². The second-order valence-electron chi connectivity index (χ2n) is 5.20. The number of aryl methyl sites for hydroxylation is 1. The highest BCUT2D eigenvalue weighted by atomic mass is 32.2. The number of carbonyl (C=O) groups is 2. The van der Waals surface area contributed by atoms with Crippen LogP contribution < -0.4 is 10.6 Å². The Kier molecular flexibility index (Phi) is 6.23. The molecule has 2 amide bonds. The first-order valence-corrected chi connectivity index (χ1v) is 8.34. The molecule has 2 N–H and O–H groups in total. The maximum absolute atomic E-state index is 12.0. The second-order valence-corrected chi connectivity index (χ2v) is 6.25. The lowest BCUT2D eigenvalue weighted by Gasteiger charge is -2.07. The summed E-state index contributed by atoms with van der Waals surface area (Å²) in [4.78, 5) is 24.3. The van der Waals surface area contributed by atoms with Crippen LogP contribution in [0.3, 0.4) is 0 Å². The van der Waals surface area contributed by atoms with Crippen molar-refractivity contribution in [2.75, 3.05) is 18.1 Å². The molecule has 0 unspecified atom stereocenters. The van der Waals surface area contributed by atoms with E-state index in [1.807, 2.05) is 55.5 Å². The first-order valence-electron chi connectivity index (χ1n) is 7.35. The average molecular weight is 328 g/mol. The molecule has 0 saturated carbocycles. The summed E-state index contributed by atoms with van der Waals surface area (Å²) in [5, 5.41) is 5.44. The molecular formula is C18H20N2O2S. The van der Waals surface area contributed by atoms with Gasteiger partial charge in [-0.15, -0.1) is 11.8 Å². The van der Waals surface area contributed by atoms with Crippen LogP contribution >= 0.6 is 11.8 Å². The van der Waals surface area contributed by atoms with E-state index in [9.17, 15) is 9.59 Å². The lowest BCUT2D eigenvalue weighted by molar-refractivity contribution is -0.120. The third kappa shape index (κ3) is 5.79. The van der Waals surface area contributed by atoms with Crippen LogP contribution in [-0.4, -0.2) is 24.6 Å². The Morgan fingerprint density at radius 2 is 1.61 bits per heavy atom. The van der Waals surface area contributed by atoms with Crippen molar-refractivity contribution < 1.29 is 9.59 Å². The van der Waals surface area contributed by atoms with E-state index in [4.69, 9.17) is 0 Å². The number of hydrogen-bond donors (Lipinski definition) is 2. The van der Waals surface area contributed by atoms with Gasteiger partial charge < -0.3 is 10.6 Å². The summed E-state index contributed by atoms with van der Waals surface area (Å²) < 4.78 is 0. The Morgan fingerprint density at radius 3 is 2.22 bits per heavy atom. The van der Waals surface area contributed by atoms with Crippen molar-refractivity contribution >= 4 is 29.3 Å². The average Bonchev–Trinajstić information content (AvgIpc) is 2.56. The first kappa shape index (κ1) is 17.1. The molecule has 0 radical (unpaired) electrons. The molecule has 0 fully saturated rings. The number of likely N-dealkylation sites (N-methyl/N-ethyl adjacent to an activating group) is 1. The van der Waals surface area contributed by atoms with E-state index in [1.165, 1.54) is 17.3 Å². The minimum atomic E-state index is -0.0466. The molecule has 0 aromatic heterocycles. The van der Waals surface area contributed by atoms with Crippen LogP contribution in [-0.2, 0) is 16.0 Å². The van der Waals surface area contributed by atoms with Crippen molar-refractivity contribution in [2.45, 2.75) is 18.2 Å². The molecule has 0 bridgehead atoms. The van der Waals surface area contributed by atoms with E-state index in [-0.39, 0.29) is 11.8 Å². The third-order valence-corrected chi connectivity index (χ3v) is 4.28. The molecule has 2 aromatic carbocycles. The van der Waals surface area contributed by atoms with E-state index >= 15 is 0 Å². The number of amides is 2. The molecule has 0 spiro atoms. The Labute approximate surface area is 140 Å². The molecule has 5 heteroatoms. The van der Waals surface area contributed by atoms with Gasteiger partial charge in [0.1, 0.15) is 0 Å². The molecule has 0 saturated heterocycles. The highest BCUT2D eigenvalue weighted by Crippen LogP contribution is 2.19. The van der Waals surface area contributed by atoms with Crippen molar-refractivity contribution in [3.05, 3.63) is 59.7 Å². The van der Waals surface area contributed by atoms with E-state index in [2.05, 4.69) is 10.6 Å². The highest BCUT2D eigenvalue weighted by Gasteiger charge is 2.05. The number of benzene rings is 2. The van der Waals surface area contributed by atoms with Gasteiger partial charge in [0.2, 0.25) is 11.8 Å². The summed E-state index contributed by atoms with van der Waals surface area (Å²) in [7, 11) is 1.61. The van der Waals surface area contributed by atoms with Crippen LogP contribution in [0.15, 0.2) is 53.4 Å². The molecule has 0 atom stereocenters. The van der Waals surface area contributed by atoms with E-state index in [0.717, 1.165) is 16.1 Å². The third-order valence-electron chi connectivity index (χ3n) is 3.27. The summed E-state index contributed by atoms with van der Waals surface area (Å²) in [5.74, 6) is 0.286. The fourth-order valence-electron chi connectivity index (χ4n) is 1.96. The molecule has 2 rings (SSSR count). The number of rotatable bonds is 6. The van der Waals surface area contributed by atoms with Crippen LogP contribution in [0.25, 0.3) is 0 Å². The van der Waals surface area contributed by atoms with Crippen LogP contribution in [0.4, 0.5) is 5.69 Å². The summed E-state index contributed by atoms with van der Waals surface area (Å²) in [5.41, 5.74) is 2.85. The zero-order valence-corrected chi connectivity index (χ0v) is 14.1. The fourth-order valence-corrected chi connectivity index (χ4v) is 2.66. The molecule has 2 aromatic rings. The molecule has 0 aliphatic heterocycles. The summed E-state index contributed by atoms with van der Waals surface area (Å²) >= 11 is 1.51. The van der Waals surface area contributed by atoms with Gasteiger partial charge in [-0.2, -0.15) is 0 Å². The predicted molar refractivity (Wildman–Crippen MR) is 94.7 cm³/mol. The van der Waals surface area contributed by atoms with Crippen LogP contribution in [0.1, 0.15) is 11.1 Å². The number of anilines is 1. The normalized spacial score (nSPS) is 10.2. The molecule has 23 heavy (non-hydrogen) atoms. The van der Waals surface area contributed by atoms with E-state index in [1.54, 1.807) is 7.05 Å². The maximum atomic E-state index is 12.0. The van der Waals surface area contributed by atoms with Gasteiger partial charge in [-0.1, -0.05) is 29.8 Å². The minimum Gasteiger partial charge on any atom is -0.359 e. The van der Waals surface area contributed by atoms with Crippen LogP contribution in [0.2, 0.25) is 0 Å². The quantitative estimate of drug-likeness (QED) is 0.802. The van der Waals surface area contributed by atoms with Crippen molar-refractivity contribution in [1.29, 1.82) is 0 Å². The molecule has 120 valence electrons. The van der Waals surface area contributed by atoms with Gasteiger partial charge in [0.05, 0.1) is 12.2 Å². The lowest BCUT2D eigenvalue weighted by atomic mass is 10.1. The number of hydrogen-bond acceptors (Lipinski definition) is 3. The number of nitrogens with one attached hydrogen (secondary N) is 2. The standard InChI is InChI=1S/C18H20N2O2S/c1-13-3-9-16(10-4-13)23-12-18(22)20-15-7-5-14(6-8-15)11-17(21)19-2/h3-10H,11-12H2,1-2H3,(H,19,21)(H,20,22). The van der Waals surface area contributed by atoms with Gasteiger partial charge in [-0.05, 0) is 36.8 Å². The Morgan fingerprint density at radius 1 is 0.957 bits per heavy atom. The summed E-state index contributed by atoms with van der Waals surface area (Å²) in [6.45, 7) is 2.04. The smallest absolute Gasteiger partial charge is 0.234 e. The van der Waals surface area contributed by atoms with Crippen LogP contribution in [0, 0.1) is 6.92 Å². The molecular weight excluding hydrogens is 308 g/mol. The lowest BCUT2D eigenvalue weighted by Crippen LogP contribution is -2.20. The zero-order chi connectivity index (χ0) is 16.7. The summed E-state index contributed by atoms with van der Waals surface area (Å²) in [6.07, 6.45) is 0.341. The van der Waals surface area contributed by atoms with E-state index < -0.39 is 0 Å². The number of thioether (sulfide) groups is 1. The molecule has 0 heterocycles. The van der Waals surface area contributed by atoms with Gasteiger partial charge in [0.25, 0.3) is 0 Å². The van der Waals surface area contributed by atoms with Gasteiger partial charge in [0, 0.05) is 17.6 Å². The topological polar surface area (TPSA) is 58.2 Å². The Balaban J connectivity index is 1.82. The minimum absolute atomic E-state index is 0.0312. The Bertz CT molecular complexity index is 666. The largest absolute Gasteiger partial charge is 0.359 e. The van der Waals surface area contributed by atoms with Crippen molar-refractivity contribution in [1.82, 2.24) is 5.32 Å². The van der Waals surface area contributed by atoms with Gasteiger partial charge in [-0.3, -0.25) is 9.59 Å². The zero-order valence-electron chi connectivity index (χ0n) is 13.3. The fraction of sp³-hybridized carbons (Fsp3) is 0.222. The Hall–Kier alpha value is -2.27. The maximum Gasteiger partial charge on any atom is 0.234 e. The molecule has 4 nitrogen and oxygen atoms in total. The second kappa shape index (κ2) is 8.39. The molecule has 0 aliphatic carbocycles. The van der Waals surface area contributed by atoms with Crippen molar-refractivity contribution in [2.24, 2.45) is 0 Å². The van der Waals surface area contributed by atoms with Gasteiger partial charge >= 0.3 is 0 Å². The van der Waals surface area contributed by atoms with Crippen molar-refractivity contribution in [3.8, 4) is 0 Å². The summed E-state index contributed by atoms with van der Waals surface area (Å²) in [6, 6.07) is 15.4. The first-order chi connectivity index (χ1) is 11.1.